The van der Waals surface area contributed by atoms with Crippen molar-refractivity contribution in [3.05, 3.63) is 0 Å². The minimum absolute atomic E-state index is 0.110. The molecule has 0 saturated heterocycles. The van der Waals surface area contributed by atoms with Gasteiger partial charge in [0.1, 0.15) is 0 Å². The highest BCUT2D eigenvalue weighted by Crippen LogP contribution is 2.44. The van der Waals surface area contributed by atoms with Gasteiger partial charge in [0.05, 0.1) is 6.10 Å². The predicted molar refractivity (Wildman–Crippen MR) is 60.3 cm³/mol. The van der Waals surface area contributed by atoms with Crippen molar-refractivity contribution in [1.29, 1.82) is 0 Å². The van der Waals surface area contributed by atoms with Gasteiger partial charge in [-0.15, -0.1) is 0 Å². The number of hydrogen-bond donors (Lipinski definition) is 2. The van der Waals surface area contributed by atoms with Gasteiger partial charge in [-0.05, 0) is 45.6 Å². The van der Waals surface area contributed by atoms with Crippen LogP contribution in [0.5, 0.6) is 0 Å². The van der Waals surface area contributed by atoms with Crippen LogP contribution in [0.2, 0.25) is 0 Å². The van der Waals surface area contributed by atoms with E-state index in [4.69, 9.17) is 5.11 Å². The zero-order chi connectivity index (χ0) is 10.6. The summed E-state index contributed by atoms with van der Waals surface area (Å²) in [6, 6.07) is 0.691. The summed E-state index contributed by atoms with van der Waals surface area (Å²) in [6.07, 6.45) is 6.12. The molecule has 4 unspecified atom stereocenters. The fourth-order valence-electron chi connectivity index (χ4n) is 2.28. The molecule has 4 atom stereocenters. The molecule has 1 rings (SSSR count). The Kier molecular flexibility index (Phi) is 4.90. The van der Waals surface area contributed by atoms with Gasteiger partial charge in [0.2, 0.25) is 0 Å². The van der Waals surface area contributed by atoms with E-state index < -0.39 is 0 Å². The largest absolute Gasteiger partial charge is 0.393 e. The Bertz CT molecular complexity index is 158. The first-order valence-electron chi connectivity index (χ1n) is 6.00. The van der Waals surface area contributed by atoms with E-state index >= 15 is 0 Å². The number of hydrogen-bond acceptors (Lipinski definition) is 2. The molecular weight excluding hydrogens is 174 g/mol. The fraction of sp³-hybridized carbons (Fsp3) is 1.00. The van der Waals surface area contributed by atoms with Crippen LogP contribution in [-0.4, -0.2) is 24.3 Å². The Morgan fingerprint density at radius 2 is 2.07 bits per heavy atom. The monoisotopic (exact) mass is 199 g/mol. The van der Waals surface area contributed by atoms with Crippen molar-refractivity contribution in [3.63, 3.8) is 0 Å². The van der Waals surface area contributed by atoms with Crippen LogP contribution in [0.1, 0.15) is 46.0 Å². The Balaban J connectivity index is 1.95. The molecule has 0 amide bonds. The van der Waals surface area contributed by atoms with Crippen molar-refractivity contribution < 1.29 is 5.11 Å². The van der Waals surface area contributed by atoms with Crippen LogP contribution in [0.4, 0.5) is 0 Å². The van der Waals surface area contributed by atoms with E-state index in [9.17, 15) is 0 Å². The third-order valence-corrected chi connectivity index (χ3v) is 3.52. The first-order valence-corrected chi connectivity index (χ1v) is 6.00. The van der Waals surface area contributed by atoms with Crippen LogP contribution in [0, 0.1) is 11.8 Å². The Morgan fingerprint density at radius 1 is 1.36 bits per heavy atom. The minimum Gasteiger partial charge on any atom is -0.393 e. The lowest BCUT2D eigenvalue weighted by molar-refractivity contribution is 0.180. The van der Waals surface area contributed by atoms with Crippen LogP contribution in [-0.2, 0) is 0 Å². The van der Waals surface area contributed by atoms with Gasteiger partial charge in [0.15, 0.2) is 0 Å². The number of rotatable bonds is 7. The van der Waals surface area contributed by atoms with Crippen molar-refractivity contribution in [3.8, 4) is 0 Å². The molecule has 14 heavy (non-hydrogen) atoms. The van der Waals surface area contributed by atoms with Crippen molar-refractivity contribution >= 4 is 0 Å². The quantitative estimate of drug-likeness (QED) is 0.616. The van der Waals surface area contributed by atoms with Crippen molar-refractivity contribution in [1.82, 2.24) is 5.32 Å². The van der Waals surface area contributed by atoms with Crippen molar-refractivity contribution in [2.24, 2.45) is 11.8 Å². The van der Waals surface area contributed by atoms with Gasteiger partial charge in [0.25, 0.3) is 0 Å². The fourth-order valence-corrected chi connectivity index (χ4v) is 2.28. The smallest absolute Gasteiger partial charge is 0.0512 e. The highest BCUT2D eigenvalue weighted by molar-refractivity contribution is 4.92. The van der Waals surface area contributed by atoms with E-state index in [1.54, 1.807) is 0 Å². The Morgan fingerprint density at radius 3 is 2.64 bits per heavy atom. The molecule has 0 heterocycles. The summed E-state index contributed by atoms with van der Waals surface area (Å²) in [5.41, 5.74) is 0. The summed E-state index contributed by atoms with van der Waals surface area (Å²) in [6.45, 7) is 4.16. The molecule has 0 aromatic heterocycles. The highest BCUT2D eigenvalue weighted by Gasteiger charge is 2.39. The lowest BCUT2D eigenvalue weighted by atomic mass is 10.1. The molecule has 0 radical (unpaired) electrons. The molecule has 0 spiro atoms. The predicted octanol–water partition coefficient (Wildman–Crippen LogP) is 2.17. The summed E-state index contributed by atoms with van der Waals surface area (Å²) in [4.78, 5) is 0. The molecule has 1 fully saturated rings. The topological polar surface area (TPSA) is 32.3 Å². The zero-order valence-electron chi connectivity index (χ0n) is 9.79. The SMILES string of the molecule is CNC(C)C1CC1CCCCC(C)O. The van der Waals surface area contributed by atoms with Gasteiger partial charge in [0, 0.05) is 6.04 Å². The van der Waals surface area contributed by atoms with Crippen molar-refractivity contribution in [2.45, 2.75) is 58.1 Å². The second kappa shape index (κ2) is 5.72. The van der Waals surface area contributed by atoms with E-state index in [0.29, 0.717) is 6.04 Å². The maximum atomic E-state index is 9.10. The van der Waals surface area contributed by atoms with E-state index in [2.05, 4.69) is 12.2 Å². The standard InChI is InChI=1S/C12H25NO/c1-9(14)6-4-5-7-11-8-12(11)10(2)13-3/h9-14H,4-8H2,1-3H3. The molecule has 2 N–H and O–H groups in total. The molecule has 1 aliphatic carbocycles. The second-order valence-electron chi connectivity index (χ2n) is 4.87. The zero-order valence-corrected chi connectivity index (χ0v) is 9.79. The molecular formula is C12H25NO. The third kappa shape index (κ3) is 3.97. The lowest BCUT2D eigenvalue weighted by Gasteiger charge is -2.09. The average molecular weight is 199 g/mol. The van der Waals surface area contributed by atoms with Crippen LogP contribution in [0.3, 0.4) is 0 Å². The molecule has 0 aliphatic heterocycles. The molecule has 2 nitrogen and oxygen atoms in total. The molecule has 0 bridgehead atoms. The Labute approximate surface area is 88.1 Å². The maximum absolute atomic E-state index is 9.10. The lowest BCUT2D eigenvalue weighted by Crippen LogP contribution is -2.24. The van der Waals surface area contributed by atoms with Crippen LogP contribution in [0.15, 0.2) is 0 Å². The van der Waals surface area contributed by atoms with Gasteiger partial charge < -0.3 is 10.4 Å². The minimum atomic E-state index is -0.110. The first-order chi connectivity index (χ1) is 6.65. The summed E-state index contributed by atoms with van der Waals surface area (Å²) < 4.78 is 0. The molecule has 1 aliphatic rings. The maximum Gasteiger partial charge on any atom is 0.0512 e. The van der Waals surface area contributed by atoms with E-state index in [-0.39, 0.29) is 6.10 Å². The summed E-state index contributed by atoms with van der Waals surface area (Å²) in [5.74, 6) is 1.89. The van der Waals surface area contributed by atoms with E-state index in [1.165, 1.54) is 25.7 Å². The summed E-state index contributed by atoms with van der Waals surface area (Å²) >= 11 is 0. The van der Waals surface area contributed by atoms with Crippen LogP contribution in [0.25, 0.3) is 0 Å². The van der Waals surface area contributed by atoms with Gasteiger partial charge in [-0.3, -0.25) is 0 Å². The number of unbranched alkanes of at least 4 members (excludes halogenated alkanes) is 1. The van der Waals surface area contributed by atoms with Gasteiger partial charge in [-0.25, -0.2) is 0 Å². The van der Waals surface area contributed by atoms with Gasteiger partial charge in [-0.2, -0.15) is 0 Å². The third-order valence-electron chi connectivity index (χ3n) is 3.52. The number of nitrogens with one attached hydrogen (secondary N) is 1. The normalized spacial score (nSPS) is 30.0. The van der Waals surface area contributed by atoms with Crippen LogP contribution >= 0.6 is 0 Å². The molecule has 84 valence electrons. The summed E-state index contributed by atoms with van der Waals surface area (Å²) in [7, 11) is 2.05. The first kappa shape index (κ1) is 12.0. The second-order valence-corrected chi connectivity index (χ2v) is 4.87. The molecule has 1 saturated carbocycles. The van der Waals surface area contributed by atoms with Crippen molar-refractivity contribution in [2.75, 3.05) is 7.05 Å². The number of aliphatic hydroxyl groups is 1. The highest BCUT2D eigenvalue weighted by atomic mass is 16.3. The summed E-state index contributed by atoms with van der Waals surface area (Å²) in [5, 5.41) is 12.4. The van der Waals surface area contributed by atoms with Gasteiger partial charge in [-0.1, -0.05) is 19.3 Å². The van der Waals surface area contributed by atoms with E-state index in [1.807, 2.05) is 14.0 Å². The van der Waals surface area contributed by atoms with Crippen LogP contribution < -0.4 is 5.32 Å². The van der Waals surface area contributed by atoms with Gasteiger partial charge >= 0.3 is 0 Å². The average Bonchev–Trinajstić information content (AvgIpc) is 2.90. The Hall–Kier alpha value is -0.0800. The molecule has 0 aromatic carbocycles. The number of aliphatic hydroxyl groups excluding tert-OH is 1. The molecule has 2 heteroatoms. The van der Waals surface area contributed by atoms with E-state index in [0.717, 1.165) is 18.3 Å². The molecule has 0 aromatic rings.